The molecule has 1 aromatic heterocycles. The summed E-state index contributed by atoms with van der Waals surface area (Å²) in [4.78, 5) is 33.2. The van der Waals surface area contributed by atoms with E-state index in [4.69, 9.17) is 5.11 Å². The SMILES string of the molecule is O=C(CCCc1nc2ccccc2c(=O)[nH]1)N(CCO)C1CC1. The molecule has 1 aromatic carbocycles. The van der Waals surface area contributed by atoms with Gasteiger partial charge in [-0.15, -0.1) is 0 Å². The van der Waals surface area contributed by atoms with E-state index in [-0.39, 0.29) is 18.1 Å². The lowest BCUT2D eigenvalue weighted by Gasteiger charge is -2.21. The summed E-state index contributed by atoms with van der Waals surface area (Å²) in [6.45, 7) is 0.413. The summed E-state index contributed by atoms with van der Waals surface area (Å²) in [6.07, 6.45) is 3.67. The van der Waals surface area contributed by atoms with Crippen molar-refractivity contribution < 1.29 is 9.90 Å². The third-order valence-corrected chi connectivity index (χ3v) is 4.12. The minimum Gasteiger partial charge on any atom is -0.395 e. The molecule has 6 heteroatoms. The number of hydrogen-bond acceptors (Lipinski definition) is 4. The Kier molecular flexibility index (Phi) is 4.71. The smallest absolute Gasteiger partial charge is 0.258 e. The Labute approximate surface area is 134 Å². The molecule has 0 aliphatic heterocycles. The highest BCUT2D eigenvalue weighted by atomic mass is 16.3. The van der Waals surface area contributed by atoms with Crippen molar-refractivity contribution in [1.82, 2.24) is 14.9 Å². The van der Waals surface area contributed by atoms with Crippen LogP contribution in [0, 0.1) is 0 Å². The predicted octanol–water partition coefficient (Wildman–Crippen LogP) is 1.23. The van der Waals surface area contributed by atoms with Crippen molar-refractivity contribution in [3.8, 4) is 0 Å². The highest BCUT2D eigenvalue weighted by Crippen LogP contribution is 2.27. The van der Waals surface area contributed by atoms with Crippen LogP contribution in [0.15, 0.2) is 29.1 Å². The monoisotopic (exact) mass is 315 g/mol. The van der Waals surface area contributed by atoms with E-state index in [1.807, 2.05) is 18.2 Å². The van der Waals surface area contributed by atoms with Gasteiger partial charge < -0.3 is 15.0 Å². The van der Waals surface area contributed by atoms with E-state index in [2.05, 4.69) is 9.97 Å². The number of aromatic nitrogens is 2. The lowest BCUT2D eigenvalue weighted by Crippen LogP contribution is -2.35. The molecule has 2 aromatic rings. The lowest BCUT2D eigenvalue weighted by molar-refractivity contribution is -0.132. The molecular weight excluding hydrogens is 294 g/mol. The van der Waals surface area contributed by atoms with Gasteiger partial charge in [-0.2, -0.15) is 0 Å². The van der Waals surface area contributed by atoms with Gasteiger partial charge >= 0.3 is 0 Å². The van der Waals surface area contributed by atoms with Gasteiger partial charge in [-0.1, -0.05) is 12.1 Å². The van der Waals surface area contributed by atoms with Crippen LogP contribution in [0.25, 0.3) is 10.9 Å². The zero-order valence-electron chi connectivity index (χ0n) is 13.0. The summed E-state index contributed by atoms with van der Waals surface area (Å²) in [7, 11) is 0. The zero-order valence-corrected chi connectivity index (χ0v) is 13.0. The van der Waals surface area contributed by atoms with Crippen LogP contribution in [0.3, 0.4) is 0 Å². The molecule has 0 radical (unpaired) electrons. The van der Waals surface area contributed by atoms with Crippen LogP contribution >= 0.6 is 0 Å². The fourth-order valence-corrected chi connectivity index (χ4v) is 2.81. The zero-order chi connectivity index (χ0) is 16.2. The molecule has 0 saturated heterocycles. The highest BCUT2D eigenvalue weighted by molar-refractivity contribution is 5.77. The first-order valence-electron chi connectivity index (χ1n) is 8.07. The van der Waals surface area contributed by atoms with Gasteiger partial charge in [-0.05, 0) is 31.4 Å². The summed E-state index contributed by atoms with van der Waals surface area (Å²) < 4.78 is 0. The van der Waals surface area contributed by atoms with Crippen molar-refractivity contribution >= 4 is 16.8 Å². The van der Waals surface area contributed by atoms with E-state index in [1.54, 1.807) is 11.0 Å². The number of aliphatic hydroxyl groups is 1. The molecule has 1 amide bonds. The molecule has 1 aliphatic carbocycles. The number of aryl methyl sites for hydroxylation is 1. The number of benzene rings is 1. The van der Waals surface area contributed by atoms with Crippen molar-refractivity contribution in [3.63, 3.8) is 0 Å². The molecule has 0 spiro atoms. The molecule has 1 heterocycles. The van der Waals surface area contributed by atoms with Crippen molar-refractivity contribution in [2.75, 3.05) is 13.2 Å². The molecule has 0 unspecified atom stereocenters. The van der Waals surface area contributed by atoms with E-state index in [1.165, 1.54) is 0 Å². The van der Waals surface area contributed by atoms with Crippen molar-refractivity contribution in [2.24, 2.45) is 0 Å². The first kappa shape index (κ1) is 15.7. The van der Waals surface area contributed by atoms with Crippen LogP contribution in [0.5, 0.6) is 0 Å². The number of amides is 1. The molecule has 3 rings (SSSR count). The lowest BCUT2D eigenvalue weighted by atomic mass is 10.2. The number of aliphatic hydroxyl groups excluding tert-OH is 1. The first-order chi connectivity index (χ1) is 11.2. The third-order valence-electron chi connectivity index (χ3n) is 4.12. The van der Waals surface area contributed by atoms with Crippen LogP contribution in [0.2, 0.25) is 0 Å². The minimum atomic E-state index is -0.142. The van der Waals surface area contributed by atoms with Gasteiger partial charge in [0.05, 0.1) is 17.5 Å². The van der Waals surface area contributed by atoms with Crippen molar-refractivity contribution in [3.05, 3.63) is 40.4 Å². The number of carbonyl (C=O) groups is 1. The van der Waals surface area contributed by atoms with Gasteiger partial charge in [-0.25, -0.2) is 4.98 Å². The van der Waals surface area contributed by atoms with Gasteiger partial charge in [0.1, 0.15) is 5.82 Å². The summed E-state index contributed by atoms with van der Waals surface area (Å²) in [6, 6.07) is 7.54. The maximum Gasteiger partial charge on any atom is 0.258 e. The van der Waals surface area contributed by atoms with Gasteiger partial charge in [0.2, 0.25) is 5.91 Å². The second kappa shape index (κ2) is 6.91. The second-order valence-corrected chi connectivity index (χ2v) is 5.93. The fourth-order valence-electron chi connectivity index (χ4n) is 2.81. The number of hydrogen-bond donors (Lipinski definition) is 2. The average molecular weight is 315 g/mol. The van der Waals surface area contributed by atoms with Crippen LogP contribution in [-0.4, -0.2) is 45.1 Å². The average Bonchev–Trinajstić information content (AvgIpc) is 3.37. The van der Waals surface area contributed by atoms with E-state index in [0.29, 0.717) is 48.6 Å². The molecule has 1 saturated carbocycles. The number of para-hydroxylation sites is 1. The molecule has 122 valence electrons. The molecule has 0 bridgehead atoms. The second-order valence-electron chi connectivity index (χ2n) is 5.93. The Hall–Kier alpha value is -2.21. The van der Waals surface area contributed by atoms with Crippen LogP contribution in [0.4, 0.5) is 0 Å². The number of aromatic amines is 1. The van der Waals surface area contributed by atoms with Gasteiger partial charge in [0, 0.05) is 25.4 Å². The van der Waals surface area contributed by atoms with E-state index >= 15 is 0 Å². The quantitative estimate of drug-likeness (QED) is 0.804. The summed E-state index contributed by atoms with van der Waals surface area (Å²) in [5, 5.41) is 9.63. The largest absolute Gasteiger partial charge is 0.395 e. The standard InChI is InChI=1S/C17H21N3O3/c21-11-10-20(12-8-9-12)16(22)7-3-6-15-18-14-5-2-1-4-13(14)17(23)19-15/h1-2,4-5,12,21H,3,6-11H2,(H,18,19,23). The number of nitrogens with one attached hydrogen (secondary N) is 1. The Morgan fingerprint density at radius 2 is 2.13 bits per heavy atom. The highest BCUT2D eigenvalue weighted by Gasteiger charge is 2.31. The fraction of sp³-hybridized carbons (Fsp3) is 0.471. The third kappa shape index (κ3) is 3.76. The Balaban J connectivity index is 1.60. The number of nitrogens with zero attached hydrogens (tertiary/aromatic N) is 2. The van der Waals surface area contributed by atoms with Crippen molar-refractivity contribution in [2.45, 2.75) is 38.1 Å². The molecule has 1 aliphatic rings. The maximum absolute atomic E-state index is 12.2. The van der Waals surface area contributed by atoms with Gasteiger partial charge in [0.25, 0.3) is 5.56 Å². The normalized spacial score (nSPS) is 14.1. The predicted molar refractivity (Wildman–Crippen MR) is 87.1 cm³/mol. The molecule has 23 heavy (non-hydrogen) atoms. The van der Waals surface area contributed by atoms with Crippen LogP contribution < -0.4 is 5.56 Å². The van der Waals surface area contributed by atoms with E-state index in [0.717, 1.165) is 12.8 Å². The van der Waals surface area contributed by atoms with Gasteiger partial charge in [-0.3, -0.25) is 9.59 Å². The Morgan fingerprint density at radius 1 is 1.35 bits per heavy atom. The first-order valence-corrected chi connectivity index (χ1v) is 8.07. The topological polar surface area (TPSA) is 86.3 Å². The Bertz CT molecular complexity index is 752. The summed E-state index contributed by atoms with van der Waals surface area (Å²) >= 11 is 0. The molecular formula is C17H21N3O3. The van der Waals surface area contributed by atoms with E-state index in [9.17, 15) is 9.59 Å². The summed E-state index contributed by atoms with van der Waals surface area (Å²) in [5.74, 6) is 0.686. The number of carbonyl (C=O) groups excluding carboxylic acids is 1. The minimum absolute atomic E-state index is 0.00178. The molecule has 1 fully saturated rings. The van der Waals surface area contributed by atoms with E-state index < -0.39 is 0 Å². The molecule has 2 N–H and O–H groups in total. The van der Waals surface area contributed by atoms with Crippen LogP contribution in [0.1, 0.15) is 31.5 Å². The molecule has 0 atom stereocenters. The van der Waals surface area contributed by atoms with Crippen molar-refractivity contribution in [1.29, 1.82) is 0 Å². The number of H-pyrrole nitrogens is 1. The maximum atomic E-state index is 12.2. The Morgan fingerprint density at radius 3 is 2.87 bits per heavy atom. The number of rotatable bonds is 7. The summed E-state index contributed by atoms with van der Waals surface area (Å²) in [5.41, 5.74) is 0.536. The van der Waals surface area contributed by atoms with Crippen LogP contribution in [-0.2, 0) is 11.2 Å². The number of fused-ring (bicyclic) bond motifs is 1. The molecule has 6 nitrogen and oxygen atoms in total. The van der Waals surface area contributed by atoms with Gasteiger partial charge in [0.15, 0.2) is 0 Å².